The summed E-state index contributed by atoms with van der Waals surface area (Å²) in [4.78, 5) is 16.1. The van der Waals surface area contributed by atoms with Crippen LogP contribution in [0.25, 0.3) is 0 Å². The molecule has 1 amide bonds. The Kier molecular flexibility index (Phi) is 5.67. The monoisotopic (exact) mass is 263 g/mol. The minimum atomic E-state index is -0.211. The van der Waals surface area contributed by atoms with Crippen molar-refractivity contribution in [1.82, 2.24) is 4.90 Å². The van der Waals surface area contributed by atoms with Gasteiger partial charge >= 0.3 is 0 Å². The van der Waals surface area contributed by atoms with Crippen LogP contribution in [0.2, 0.25) is 0 Å². The molecule has 0 saturated heterocycles. The van der Waals surface area contributed by atoms with Gasteiger partial charge < -0.3 is 15.1 Å². The van der Waals surface area contributed by atoms with Crippen LogP contribution in [0.4, 0.5) is 11.4 Å². The van der Waals surface area contributed by atoms with Crippen LogP contribution in [0.5, 0.6) is 0 Å². The van der Waals surface area contributed by atoms with Crippen molar-refractivity contribution in [3.05, 3.63) is 24.3 Å². The molecule has 106 valence electrons. The van der Waals surface area contributed by atoms with Gasteiger partial charge in [0, 0.05) is 38.6 Å². The number of nitrogens with zero attached hydrogens (tertiary/aromatic N) is 2. The molecule has 0 aromatic heterocycles. The summed E-state index contributed by atoms with van der Waals surface area (Å²) in [7, 11) is 4.01. The van der Waals surface area contributed by atoms with E-state index in [0.717, 1.165) is 24.5 Å². The summed E-state index contributed by atoms with van der Waals surface area (Å²) >= 11 is 0. The molecule has 0 aliphatic rings. The smallest absolute Gasteiger partial charge is 0.244 e. The van der Waals surface area contributed by atoms with Crippen LogP contribution in [0.1, 0.15) is 20.8 Å². The van der Waals surface area contributed by atoms with Crippen LogP contribution < -0.4 is 10.2 Å². The summed E-state index contributed by atoms with van der Waals surface area (Å²) in [5.74, 6) is 0.139. The third-order valence-corrected chi connectivity index (χ3v) is 3.19. The molecule has 0 bridgehead atoms. The molecule has 1 unspecified atom stereocenters. The van der Waals surface area contributed by atoms with Crippen LogP contribution in [-0.4, -0.2) is 44.0 Å². The van der Waals surface area contributed by atoms with E-state index in [9.17, 15) is 4.79 Å². The molecular weight excluding hydrogens is 238 g/mol. The normalized spacial score (nSPS) is 11.8. The molecule has 0 fully saturated rings. The minimum Gasteiger partial charge on any atom is -0.378 e. The van der Waals surface area contributed by atoms with Gasteiger partial charge in [0.1, 0.15) is 6.04 Å². The second-order valence-corrected chi connectivity index (χ2v) is 4.82. The van der Waals surface area contributed by atoms with Crippen LogP contribution in [-0.2, 0) is 4.79 Å². The molecule has 1 aromatic rings. The predicted molar refractivity (Wildman–Crippen MR) is 81.8 cm³/mol. The van der Waals surface area contributed by atoms with Gasteiger partial charge in [-0.1, -0.05) is 6.07 Å². The molecule has 4 nitrogen and oxygen atoms in total. The Bertz CT molecular complexity index is 414. The van der Waals surface area contributed by atoms with Crippen molar-refractivity contribution < 1.29 is 4.79 Å². The van der Waals surface area contributed by atoms with E-state index >= 15 is 0 Å². The average Bonchev–Trinajstić information content (AvgIpc) is 2.40. The van der Waals surface area contributed by atoms with Crippen LogP contribution >= 0.6 is 0 Å². The largest absolute Gasteiger partial charge is 0.378 e. The van der Waals surface area contributed by atoms with Gasteiger partial charge in [-0.25, -0.2) is 0 Å². The Morgan fingerprint density at radius 1 is 1.26 bits per heavy atom. The van der Waals surface area contributed by atoms with E-state index in [1.165, 1.54) is 0 Å². The van der Waals surface area contributed by atoms with E-state index in [4.69, 9.17) is 0 Å². The summed E-state index contributed by atoms with van der Waals surface area (Å²) in [6.07, 6.45) is 0. The van der Waals surface area contributed by atoms with Gasteiger partial charge in [0.15, 0.2) is 0 Å². The van der Waals surface area contributed by atoms with Gasteiger partial charge in [-0.2, -0.15) is 0 Å². The molecule has 0 aliphatic carbocycles. The summed E-state index contributed by atoms with van der Waals surface area (Å²) in [5.41, 5.74) is 2.09. The third-order valence-electron chi connectivity index (χ3n) is 3.19. The molecule has 1 aromatic carbocycles. The SMILES string of the molecule is CCN(CC)C(=O)C(C)Nc1cccc(N(C)C)c1. The zero-order valence-corrected chi connectivity index (χ0v) is 12.6. The van der Waals surface area contributed by atoms with Crippen LogP contribution in [0.15, 0.2) is 24.3 Å². The van der Waals surface area contributed by atoms with Crippen LogP contribution in [0.3, 0.4) is 0 Å². The molecule has 0 radical (unpaired) electrons. The highest BCUT2D eigenvalue weighted by Crippen LogP contribution is 2.18. The highest BCUT2D eigenvalue weighted by Gasteiger charge is 2.17. The first kappa shape index (κ1) is 15.3. The van der Waals surface area contributed by atoms with Gasteiger partial charge in [-0.15, -0.1) is 0 Å². The molecule has 0 heterocycles. The van der Waals surface area contributed by atoms with Crippen molar-refractivity contribution >= 4 is 17.3 Å². The third kappa shape index (κ3) is 4.16. The van der Waals surface area contributed by atoms with Gasteiger partial charge in [-0.05, 0) is 39.0 Å². The van der Waals surface area contributed by atoms with E-state index in [2.05, 4.69) is 5.32 Å². The Hall–Kier alpha value is -1.71. The second kappa shape index (κ2) is 7.02. The van der Waals surface area contributed by atoms with Crippen LogP contribution in [0, 0.1) is 0 Å². The zero-order chi connectivity index (χ0) is 14.4. The molecule has 0 spiro atoms. The second-order valence-electron chi connectivity index (χ2n) is 4.82. The Morgan fingerprint density at radius 2 is 1.89 bits per heavy atom. The number of carbonyl (C=O) groups excluding carboxylic acids is 1. The first-order valence-corrected chi connectivity index (χ1v) is 6.82. The quantitative estimate of drug-likeness (QED) is 0.856. The standard InChI is InChI=1S/C15H25N3O/c1-6-18(7-2)15(19)12(3)16-13-9-8-10-14(11-13)17(4)5/h8-12,16H,6-7H2,1-5H3. The van der Waals surface area contributed by atoms with Crippen molar-refractivity contribution in [3.63, 3.8) is 0 Å². The molecule has 1 N–H and O–H groups in total. The summed E-state index contributed by atoms with van der Waals surface area (Å²) in [6.45, 7) is 7.41. The topological polar surface area (TPSA) is 35.6 Å². The number of nitrogens with one attached hydrogen (secondary N) is 1. The molecule has 0 saturated carbocycles. The first-order chi connectivity index (χ1) is 8.99. The maximum absolute atomic E-state index is 12.2. The lowest BCUT2D eigenvalue weighted by Crippen LogP contribution is -2.41. The van der Waals surface area contributed by atoms with E-state index < -0.39 is 0 Å². The fourth-order valence-electron chi connectivity index (χ4n) is 1.99. The maximum atomic E-state index is 12.2. The predicted octanol–water partition coefficient (Wildman–Crippen LogP) is 2.42. The minimum absolute atomic E-state index is 0.139. The van der Waals surface area contributed by atoms with E-state index in [1.54, 1.807) is 0 Å². The van der Waals surface area contributed by atoms with Crippen molar-refractivity contribution in [2.24, 2.45) is 0 Å². The average molecular weight is 263 g/mol. The molecule has 4 heteroatoms. The van der Waals surface area contributed by atoms with Crippen molar-refractivity contribution in [2.45, 2.75) is 26.8 Å². The molecule has 1 rings (SSSR count). The number of rotatable bonds is 6. The molecular formula is C15H25N3O. The Balaban J connectivity index is 2.73. The van der Waals surface area contributed by atoms with Gasteiger partial charge in [0.2, 0.25) is 5.91 Å². The Morgan fingerprint density at radius 3 is 2.42 bits per heavy atom. The molecule has 0 aliphatic heterocycles. The van der Waals surface area contributed by atoms with Crippen molar-refractivity contribution in [2.75, 3.05) is 37.4 Å². The summed E-state index contributed by atoms with van der Waals surface area (Å²) in [5, 5.41) is 3.27. The van der Waals surface area contributed by atoms with E-state index in [-0.39, 0.29) is 11.9 Å². The lowest BCUT2D eigenvalue weighted by molar-refractivity contribution is -0.131. The first-order valence-electron chi connectivity index (χ1n) is 6.82. The number of anilines is 2. The van der Waals surface area contributed by atoms with Gasteiger partial charge in [0.05, 0.1) is 0 Å². The lowest BCUT2D eigenvalue weighted by atomic mass is 10.2. The number of benzene rings is 1. The number of likely N-dealkylation sites (N-methyl/N-ethyl adjacent to an activating group) is 1. The number of carbonyl (C=O) groups is 1. The fourth-order valence-corrected chi connectivity index (χ4v) is 1.99. The summed E-state index contributed by atoms with van der Waals surface area (Å²) in [6, 6.07) is 7.86. The highest BCUT2D eigenvalue weighted by molar-refractivity contribution is 5.84. The zero-order valence-electron chi connectivity index (χ0n) is 12.6. The van der Waals surface area contributed by atoms with Crippen molar-refractivity contribution in [1.29, 1.82) is 0 Å². The maximum Gasteiger partial charge on any atom is 0.244 e. The number of hydrogen-bond donors (Lipinski definition) is 1. The molecule has 19 heavy (non-hydrogen) atoms. The van der Waals surface area contributed by atoms with E-state index in [1.807, 2.05) is 68.9 Å². The number of amides is 1. The Labute approximate surface area is 116 Å². The van der Waals surface area contributed by atoms with Gasteiger partial charge in [0.25, 0.3) is 0 Å². The molecule has 1 atom stereocenters. The van der Waals surface area contributed by atoms with E-state index in [0.29, 0.717) is 0 Å². The number of hydrogen-bond acceptors (Lipinski definition) is 3. The van der Waals surface area contributed by atoms with Crippen molar-refractivity contribution in [3.8, 4) is 0 Å². The van der Waals surface area contributed by atoms with Gasteiger partial charge in [-0.3, -0.25) is 4.79 Å². The lowest BCUT2D eigenvalue weighted by Gasteiger charge is -2.24. The fraction of sp³-hybridized carbons (Fsp3) is 0.533. The summed E-state index contributed by atoms with van der Waals surface area (Å²) < 4.78 is 0. The highest BCUT2D eigenvalue weighted by atomic mass is 16.2.